The van der Waals surface area contributed by atoms with Gasteiger partial charge in [-0.2, -0.15) is 0 Å². The number of aryl methyl sites for hydroxylation is 1. The first-order valence-corrected chi connectivity index (χ1v) is 7.58. The molecule has 0 bridgehead atoms. The molecule has 2 aromatic heterocycles. The van der Waals surface area contributed by atoms with Gasteiger partial charge in [-0.15, -0.1) is 15.3 Å². The minimum atomic E-state index is -0.368. The number of rotatable bonds is 4. The number of hydrogen-bond donors (Lipinski definition) is 1. The van der Waals surface area contributed by atoms with Gasteiger partial charge in [-0.1, -0.05) is 22.6 Å². The summed E-state index contributed by atoms with van der Waals surface area (Å²) in [7, 11) is 1.59. The van der Waals surface area contributed by atoms with E-state index in [0.717, 1.165) is 10.7 Å². The SMILES string of the molecule is COc1cccc(-n2nnc(C(=O)Nc3nnc(C)s3)c2C)c1. The van der Waals surface area contributed by atoms with Crippen LogP contribution in [0.5, 0.6) is 5.75 Å². The van der Waals surface area contributed by atoms with Gasteiger partial charge in [0.05, 0.1) is 18.5 Å². The standard InChI is InChI=1S/C14H14N6O2S/c1-8-12(13(21)15-14-18-16-9(2)23-14)17-19-20(8)10-5-4-6-11(7-10)22-3/h4-7H,1-3H3,(H,15,18,21). The third-order valence-electron chi connectivity index (χ3n) is 3.15. The summed E-state index contributed by atoms with van der Waals surface area (Å²) in [5, 5.41) is 19.6. The van der Waals surface area contributed by atoms with Gasteiger partial charge in [-0.25, -0.2) is 4.68 Å². The molecule has 0 unspecified atom stereocenters. The van der Waals surface area contributed by atoms with Crippen LogP contribution >= 0.6 is 11.3 Å². The quantitative estimate of drug-likeness (QED) is 0.786. The number of hydrogen-bond acceptors (Lipinski definition) is 7. The lowest BCUT2D eigenvalue weighted by atomic mass is 10.2. The molecule has 9 heteroatoms. The van der Waals surface area contributed by atoms with Gasteiger partial charge in [0.15, 0.2) is 5.69 Å². The van der Waals surface area contributed by atoms with Crippen LogP contribution in [0, 0.1) is 13.8 Å². The lowest BCUT2D eigenvalue weighted by molar-refractivity contribution is 0.102. The van der Waals surface area contributed by atoms with Crippen molar-refractivity contribution in [3.8, 4) is 11.4 Å². The molecule has 0 spiro atoms. The number of carbonyl (C=O) groups is 1. The predicted molar refractivity (Wildman–Crippen MR) is 85.2 cm³/mol. The van der Waals surface area contributed by atoms with E-state index in [1.165, 1.54) is 11.3 Å². The zero-order valence-electron chi connectivity index (χ0n) is 12.8. The molecule has 118 valence electrons. The van der Waals surface area contributed by atoms with Gasteiger partial charge in [0, 0.05) is 6.07 Å². The minimum Gasteiger partial charge on any atom is -0.497 e. The van der Waals surface area contributed by atoms with E-state index in [1.807, 2.05) is 31.2 Å². The molecule has 1 aromatic carbocycles. The summed E-state index contributed by atoms with van der Waals surface area (Å²) < 4.78 is 6.78. The Morgan fingerprint density at radius 2 is 2.09 bits per heavy atom. The van der Waals surface area contributed by atoms with Crippen molar-refractivity contribution >= 4 is 22.4 Å². The first-order chi connectivity index (χ1) is 11.1. The fraction of sp³-hybridized carbons (Fsp3) is 0.214. The Hall–Kier alpha value is -2.81. The van der Waals surface area contributed by atoms with Crippen LogP contribution in [0.3, 0.4) is 0 Å². The lowest BCUT2D eigenvalue weighted by Crippen LogP contribution is -2.14. The molecule has 0 atom stereocenters. The fourth-order valence-electron chi connectivity index (χ4n) is 2.03. The number of methoxy groups -OCH3 is 1. The molecule has 0 aliphatic heterocycles. The van der Waals surface area contributed by atoms with E-state index in [0.29, 0.717) is 16.6 Å². The zero-order valence-corrected chi connectivity index (χ0v) is 13.6. The van der Waals surface area contributed by atoms with E-state index in [9.17, 15) is 4.79 Å². The van der Waals surface area contributed by atoms with Crippen molar-refractivity contribution in [2.24, 2.45) is 0 Å². The fourth-order valence-corrected chi connectivity index (χ4v) is 2.62. The number of anilines is 1. The maximum absolute atomic E-state index is 12.3. The van der Waals surface area contributed by atoms with Crippen LogP contribution in [-0.2, 0) is 0 Å². The monoisotopic (exact) mass is 330 g/mol. The summed E-state index contributed by atoms with van der Waals surface area (Å²) in [6, 6.07) is 7.36. The average molecular weight is 330 g/mol. The average Bonchev–Trinajstić information content (AvgIpc) is 3.13. The summed E-state index contributed by atoms with van der Waals surface area (Å²) in [5.74, 6) is 0.334. The Balaban J connectivity index is 1.87. The van der Waals surface area contributed by atoms with E-state index in [4.69, 9.17) is 4.74 Å². The van der Waals surface area contributed by atoms with Crippen LogP contribution in [0.25, 0.3) is 5.69 Å². The van der Waals surface area contributed by atoms with Crippen LogP contribution in [0.2, 0.25) is 0 Å². The number of amides is 1. The van der Waals surface area contributed by atoms with Crippen LogP contribution in [0.15, 0.2) is 24.3 Å². The van der Waals surface area contributed by atoms with E-state index >= 15 is 0 Å². The number of carbonyl (C=O) groups excluding carboxylic acids is 1. The first-order valence-electron chi connectivity index (χ1n) is 6.76. The smallest absolute Gasteiger partial charge is 0.279 e. The summed E-state index contributed by atoms with van der Waals surface area (Å²) >= 11 is 1.30. The van der Waals surface area contributed by atoms with Crippen molar-refractivity contribution < 1.29 is 9.53 Å². The highest BCUT2D eigenvalue weighted by Gasteiger charge is 2.18. The Kier molecular flexibility index (Phi) is 4.02. The molecule has 0 aliphatic rings. The summed E-state index contributed by atoms with van der Waals surface area (Å²) in [5.41, 5.74) is 1.62. The number of aromatic nitrogens is 5. The lowest BCUT2D eigenvalue weighted by Gasteiger charge is -2.05. The van der Waals surface area contributed by atoms with Gasteiger partial charge in [0.1, 0.15) is 10.8 Å². The molecule has 3 rings (SSSR count). The maximum Gasteiger partial charge on any atom is 0.279 e. The predicted octanol–water partition coefficient (Wildman–Crippen LogP) is 2.00. The normalized spacial score (nSPS) is 10.6. The van der Waals surface area contributed by atoms with Crippen LogP contribution in [0.4, 0.5) is 5.13 Å². The molecule has 8 nitrogen and oxygen atoms in total. The second-order valence-corrected chi connectivity index (χ2v) is 5.90. The molecular formula is C14H14N6O2S. The molecule has 0 saturated heterocycles. The third-order valence-corrected chi connectivity index (χ3v) is 3.91. The number of ether oxygens (including phenoxy) is 1. The number of nitrogens with one attached hydrogen (secondary N) is 1. The van der Waals surface area contributed by atoms with Crippen molar-refractivity contribution in [3.05, 3.63) is 40.7 Å². The molecular weight excluding hydrogens is 316 g/mol. The minimum absolute atomic E-state index is 0.237. The summed E-state index contributed by atoms with van der Waals surface area (Å²) in [6.07, 6.45) is 0. The van der Waals surface area contributed by atoms with Gasteiger partial charge in [0.2, 0.25) is 5.13 Å². The highest BCUT2D eigenvalue weighted by molar-refractivity contribution is 7.15. The van der Waals surface area contributed by atoms with Gasteiger partial charge in [-0.05, 0) is 26.0 Å². The molecule has 0 radical (unpaired) electrons. The van der Waals surface area contributed by atoms with E-state index in [2.05, 4.69) is 25.8 Å². The molecule has 0 fully saturated rings. The molecule has 1 amide bonds. The molecule has 2 heterocycles. The van der Waals surface area contributed by atoms with Crippen molar-refractivity contribution in [1.82, 2.24) is 25.2 Å². The number of benzene rings is 1. The Morgan fingerprint density at radius 3 is 2.78 bits per heavy atom. The van der Waals surface area contributed by atoms with Gasteiger partial charge >= 0.3 is 0 Å². The van der Waals surface area contributed by atoms with Gasteiger partial charge in [-0.3, -0.25) is 10.1 Å². The Bertz CT molecular complexity index is 857. The first kappa shape index (κ1) is 15.1. The van der Waals surface area contributed by atoms with Crippen LogP contribution < -0.4 is 10.1 Å². The Morgan fingerprint density at radius 1 is 1.26 bits per heavy atom. The molecule has 23 heavy (non-hydrogen) atoms. The van der Waals surface area contributed by atoms with Gasteiger partial charge in [0.25, 0.3) is 5.91 Å². The topological polar surface area (TPSA) is 94.8 Å². The van der Waals surface area contributed by atoms with E-state index in [-0.39, 0.29) is 11.6 Å². The van der Waals surface area contributed by atoms with Gasteiger partial charge < -0.3 is 4.74 Å². The molecule has 0 saturated carbocycles. The summed E-state index contributed by atoms with van der Waals surface area (Å²) in [4.78, 5) is 12.3. The van der Waals surface area contributed by atoms with Crippen molar-refractivity contribution in [2.45, 2.75) is 13.8 Å². The van der Waals surface area contributed by atoms with E-state index in [1.54, 1.807) is 18.7 Å². The Labute approximate surface area is 136 Å². The largest absolute Gasteiger partial charge is 0.497 e. The molecule has 3 aromatic rings. The van der Waals surface area contributed by atoms with Crippen LogP contribution in [0.1, 0.15) is 21.2 Å². The zero-order chi connectivity index (χ0) is 16.4. The highest BCUT2D eigenvalue weighted by Crippen LogP contribution is 2.19. The van der Waals surface area contributed by atoms with Crippen molar-refractivity contribution in [1.29, 1.82) is 0 Å². The molecule has 0 aliphatic carbocycles. The second kappa shape index (κ2) is 6.13. The van der Waals surface area contributed by atoms with Crippen molar-refractivity contribution in [3.63, 3.8) is 0 Å². The number of nitrogens with zero attached hydrogens (tertiary/aromatic N) is 5. The second-order valence-electron chi connectivity index (χ2n) is 4.72. The van der Waals surface area contributed by atoms with Crippen LogP contribution in [-0.4, -0.2) is 38.2 Å². The maximum atomic E-state index is 12.3. The van der Waals surface area contributed by atoms with Crippen molar-refractivity contribution in [2.75, 3.05) is 12.4 Å². The van der Waals surface area contributed by atoms with E-state index < -0.39 is 0 Å². The highest BCUT2D eigenvalue weighted by atomic mass is 32.1. The molecule has 1 N–H and O–H groups in total. The summed E-state index contributed by atoms with van der Waals surface area (Å²) in [6.45, 7) is 3.59. The third kappa shape index (κ3) is 3.04.